The first kappa shape index (κ1) is 16.6. The van der Waals surface area contributed by atoms with Gasteiger partial charge in [0, 0.05) is 35.8 Å². The van der Waals surface area contributed by atoms with E-state index >= 15 is 0 Å². The third kappa shape index (κ3) is 4.37. The van der Waals surface area contributed by atoms with Crippen LogP contribution >= 0.6 is 0 Å². The van der Waals surface area contributed by atoms with Crippen LogP contribution in [-0.4, -0.2) is 25.3 Å². The standard InChI is InChI=1S/C19H20N2O2/c1-19(2,3)11-6-5-7-12-21(4)16-10-8-9-15-14(16)13-17(22)18(23)20-15/h8-10H,12-13H2,1-4H3,(H,20,23). The molecule has 0 unspecified atom stereocenters. The Morgan fingerprint density at radius 3 is 2.65 bits per heavy atom. The van der Waals surface area contributed by atoms with E-state index in [4.69, 9.17) is 0 Å². The van der Waals surface area contributed by atoms with Gasteiger partial charge in [-0.05, 0) is 44.7 Å². The predicted molar refractivity (Wildman–Crippen MR) is 92.1 cm³/mol. The lowest BCUT2D eigenvalue weighted by Crippen LogP contribution is -2.31. The fourth-order valence-corrected chi connectivity index (χ4v) is 2.17. The number of nitrogens with one attached hydrogen (secondary N) is 1. The van der Waals surface area contributed by atoms with E-state index in [0.29, 0.717) is 12.2 Å². The summed E-state index contributed by atoms with van der Waals surface area (Å²) in [5.41, 5.74) is 2.37. The largest absolute Gasteiger partial charge is 0.363 e. The number of hydrogen-bond acceptors (Lipinski definition) is 3. The van der Waals surface area contributed by atoms with Gasteiger partial charge in [0.1, 0.15) is 0 Å². The van der Waals surface area contributed by atoms with Gasteiger partial charge in [0.15, 0.2) is 0 Å². The molecule has 1 amide bonds. The zero-order valence-electron chi connectivity index (χ0n) is 13.9. The SMILES string of the molecule is CN(CC#CC#CC(C)(C)C)c1cccc2c1CC(=O)C(=O)N2. The summed E-state index contributed by atoms with van der Waals surface area (Å²) in [6.07, 6.45) is 0.124. The van der Waals surface area contributed by atoms with E-state index in [-0.39, 0.29) is 11.8 Å². The van der Waals surface area contributed by atoms with Crippen molar-refractivity contribution in [1.82, 2.24) is 0 Å². The highest BCUT2D eigenvalue weighted by Crippen LogP contribution is 2.30. The van der Waals surface area contributed by atoms with Crippen LogP contribution in [0.25, 0.3) is 0 Å². The zero-order valence-corrected chi connectivity index (χ0v) is 13.9. The maximum Gasteiger partial charge on any atom is 0.292 e. The number of fused-ring (bicyclic) bond motifs is 1. The Kier molecular flexibility index (Phi) is 4.77. The van der Waals surface area contributed by atoms with E-state index in [1.54, 1.807) is 6.07 Å². The molecule has 0 spiro atoms. The van der Waals surface area contributed by atoms with E-state index < -0.39 is 11.7 Å². The zero-order chi connectivity index (χ0) is 17.0. The molecule has 1 aromatic rings. The van der Waals surface area contributed by atoms with Gasteiger partial charge in [-0.1, -0.05) is 17.9 Å². The minimum Gasteiger partial charge on any atom is -0.363 e. The van der Waals surface area contributed by atoms with Crippen LogP contribution in [0, 0.1) is 29.1 Å². The summed E-state index contributed by atoms with van der Waals surface area (Å²) in [5, 5.41) is 2.62. The van der Waals surface area contributed by atoms with E-state index in [1.165, 1.54) is 0 Å². The van der Waals surface area contributed by atoms with Gasteiger partial charge in [0.2, 0.25) is 5.78 Å². The molecule has 1 heterocycles. The van der Waals surface area contributed by atoms with Crippen LogP contribution in [0.3, 0.4) is 0 Å². The van der Waals surface area contributed by atoms with Gasteiger partial charge in [-0.3, -0.25) is 9.59 Å². The van der Waals surface area contributed by atoms with Gasteiger partial charge in [0.25, 0.3) is 5.91 Å². The Hall–Kier alpha value is -2.72. The smallest absolute Gasteiger partial charge is 0.292 e. The highest BCUT2D eigenvalue weighted by Gasteiger charge is 2.25. The molecule has 4 heteroatoms. The van der Waals surface area contributed by atoms with Gasteiger partial charge in [-0.2, -0.15) is 0 Å². The molecule has 1 aliphatic rings. The topological polar surface area (TPSA) is 49.4 Å². The van der Waals surface area contributed by atoms with Gasteiger partial charge in [0.05, 0.1) is 6.54 Å². The lowest BCUT2D eigenvalue weighted by atomic mass is 9.98. The number of anilines is 2. The number of benzene rings is 1. The summed E-state index contributed by atoms with van der Waals surface area (Å²) in [6.45, 7) is 6.61. The lowest BCUT2D eigenvalue weighted by molar-refractivity contribution is -0.134. The Labute approximate surface area is 137 Å². The van der Waals surface area contributed by atoms with Gasteiger partial charge in [-0.15, -0.1) is 0 Å². The fraction of sp³-hybridized carbons (Fsp3) is 0.368. The van der Waals surface area contributed by atoms with E-state index in [9.17, 15) is 9.59 Å². The number of amides is 1. The monoisotopic (exact) mass is 308 g/mol. The summed E-state index contributed by atoms with van der Waals surface area (Å²) < 4.78 is 0. The molecule has 0 bridgehead atoms. The Balaban J connectivity index is 2.15. The summed E-state index contributed by atoms with van der Waals surface area (Å²) in [4.78, 5) is 25.1. The van der Waals surface area contributed by atoms with E-state index in [2.05, 4.69) is 29.0 Å². The molecule has 0 fully saturated rings. The third-order valence-corrected chi connectivity index (χ3v) is 3.31. The Morgan fingerprint density at radius 1 is 1.22 bits per heavy atom. The van der Waals surface area contributed by atoms with Gasteiger partial charge in [-0.25, -0.2) is 0 Å². The molecule has 0 aliphatic carbocycles. The second-order valence-electron chi connectivity index (χ2n) is 6.52. The molecular formula is C19H20N2O2. The van der Waals surface area contributed by atoms with Crippen molar-refractivity contribution in [1.29, 1.82) is 0 Å². The van der Waals surface area contributed by atoms with Crippen LogP contribution in [0.5, 0.6) is 0 Å². The Bertz CT molecular complexity index is 765. The van der Waals surface area contributed by atoms with Crippen molar-refractivity contribution in [3.8, 4) is 23.7 Å². The first-order chi connectivity index (χ1) is 10.8. The van der Waals surface area contributed by atoms with Crippen LogP contribution in [-0.2, 0) is 16.0 Å². The van der Waals surface area contributed by atoms with Crippen LogP contribution in [0.2, 0.25) is 0 Å². The minimum atomic E-state index is -0.547. The number of ketones is 1. The highest BCUT2D eigenvalue weighted by molar-refractivity contribution is 6.42. The van der Waals surface area contributed by atoms with Crippen LogP contribution in [0.1, 0.15) is 26.3 Å². The molecular weight excluding hydrogens is 288 g/mol. The summed E-state index contributed by atoms with van der Waals surface area (Å²) in [6, 6.07) is 5.58. The average Bonchev–Trinajstić information content (AvgIpc) is 2.46. The maximum absolute atomic E-state index is 11.6. The molecule has 0 radical (unpaired) electrons. The van der Waals surface area contributed by atoms with Gasteiger partial charge >= 0.3 is 0 Å². The number of nitrogens with zero attached hydrogens (tertiary/aromatic N) is 1. The highest BCUT2D eigenvalue weighted by atomic mass is 16.2. The second-order valence-corrected chi connectivity index (χ2v) is 6.52. The number of rotatable bonds is 2. The van der Waals surface area contributed by atoms with E-state index in [0.717, 1.165) is 11.3 Å². The minimum absolute atomic E-state index is 0.0579. The summed E-state index contributed by atoms with van der Waals surface area (Å²) in [5.74, 6) is 10.8. The molecule has 0 saturated carbocycles. The predicted octanol–water partition coefficient (Wildman–Crippen LogP) is 2.24. The van der Waals surface area contributed by atoms with Crippen LogP contribution in [0.15, 0.2) is 18.2 Å². The Morgan fingerprint density at radius 2 is 1.96 bits per heavy atom. The molecule has 118 valence electrons. The first-order valence-electron chi connectivity index (χ1n) is 7.45. The molecule has 1 aliphatic heterocycles. The van der Waals surface area contributed by atoms with Crippen molar-refractivity contribution in [2.24, 2.45) is 5.41 Å². The molecule has 0 atom stereocenters. The molecule has 1 aromatic carbocycles. The van der Waals surface area contributed by atoms with Crippen molar-refractivity contribution >= 4 is 23.1 Å². The molecule has 0 aromatic heterocycles. The normalized spacial score (nSPS) is 13.0. The summed E-state index contributed by atoms with van der Waals surface area (Å²) >= 11 is 0. The first-order valence-corrected chi connectivity index (χ1v) is 7.45. The molecule has 2 rings (SSSR count). The van der Waals surface area contributed by atoms with Gasteiger partial charge < -0.3 is 10.2 Å². The number of carbonyl (C=O) groups is 2. The molecule has 4 nitrogen and oxygen atoms in total. The number of hydrogen-bond donors (Lipinski definition) is 1. The quantitative estimate of drug-likeness (QED) is 0.673. The molecule has 1 N–H and O–H groups in total. The summed E-state index contributed by atoms with van der Waals surface area (Å²) in [7, 11) is 1.91. The van der Waals surface area contributed by atoms with Crippen molar-refractivity contribution in [3.63, 3.8) is 0 Å². The average molecular weight is 308 g/mol. The lowest BCUT2D eigenvalue weighted by Gasteiger charge is -2.24. The van der Waals surface area contributed by atoms with E-state index in [1.807, 2.05) is 44.9 Å². The van der Waals surface area contributed by atoms with Crippen LogP contribution in [0.4, 0.5) is 11.4 Å². The second kappa shape index (κ2) is 6.58. The van der Waals surface area contributed by atoms with Crippen molar-refractivity contribution in [2.75, 3.05) is 23.8 Å². The maximum atomic E-state index is 11.6. The molecule has 0 saturated heterocycles. The van der Waals surface area contributed by atoms with Crippen molar-refractivity contribution < 1.29 is 9.59 Å². The molecule has 23 heavy (non-hydrogen) atoms. The van der Waals surface area contributed by atoms with Crippen LogP contribution < -0.4 is 10.2 Å². The number of carbonyl (C=O) groups excluding carboxylic acids is 2. The number of Topliss-reactive ketones (excluding diaryl/α,β-unsaturated/α-hetero) is 1. The van der Waals surface area contributed by atoms with Crippen molar-refractivity contribution in [3.05, 3.63) is 23.8 Å². The third-order valence-electron chi connectivity index (χ3n) is 3.31. The van der Waals surface area contributed by atoms with Crippen molar-refractivity contribution in [2.45, 2.75) is 27.2 Å². The fourth-order valence-electron chi connectivity index (χ4n) is 2.17.